The molecule has 0 radical (unpaired) electrons. The van der Waals surface area contributed by atoms with E-state index in [-0.39, 0.29) is 18.1 Å². The van der Waals surface area contributed by atoms with Crippen LogP contribution in [0.1, 0.15) is 40.4 Å². The number of ketones is 1. The Hall–Kier alpha value is -3.86. The van der Waals surface area contributed by atoms with Gasteiger partial charge in [0.15, 0.2) is 17.3 Å². The van der Waals surface area contributed by atoms with Crippen LogP contribution in [-0.2, 0) is 11.3 Å². The topological polar surface area (TPSA) is 64.6 Å². The number of methoxy groups -OCH3 is 1. The minimum absolute atomic E-state index is 0.0147. The first-order valence-corrected chi connectivity index (χ1v) is 10.9. The maximum atomic E-state index is 13.1. The summed E-state index contributed by atoms with van der Waals surface area (Å²) in [6, 6.07) is 22.5. The van der Waals surface area contributed by atoms with E-state index in [9.17, 15) is 9.59 Å². The monoisotopic (exact) mass is 443 g/mol. The van der Waals surface area contributed by atoms with Gasteiger partial charge in [0, 0.05) is 24.1 Å². The molecule has 3 rings (SSSR count). The number of carbonyl (C=O) groups is 2. The van der Waals surface area contributed by atoms with Crippen LogP contribution in [0.4, 0.5) is 0 Å². The van der Waals surface area contributed by atoms with Crippen molar-refractivity contribution in [1.29, 1.82) is 0 Å². The van der Waals surface area contributed by atoms with Crippen molar-refractivity contribution < 1.29 is 19.1 Å². The standard InChI is InChI=1S/C28H29NO4/c1-4-33-26-15-12-22(17-27(26)32-3)16-24(18-25(30)23-13-10-20(2)11-14-23)28(31)29-19-21-8-6-5-7-9-21/h5-17H,4,18-19H2,1-3H3,(H,29,31). The van der Waals surface area contributed by atoms with Gasteiger partial charge in [0.25, 0.3) is 0 Å². The molecule has 3 aromatic carbocycles. The van der Waals surface area contributed by atoms with Gasteiger partial charge in [-0.2, -0.15) is 0 Å². The highest BCUT2D eigenvalue weighted by Crippen LogP contribution is 2.29. The molecule has 0 aliphatic carbocycles. The fraction of sp³-hybridized carbons (Fsp3) is 0.214. The first kappa shape index (κ1) is 23.8. The van der Waals surface area contributed by atoms with Crippen LogP contribution in [0, 0.1) is 6.92 Å². The van der Waals surface area contributed by atoms with Crippen LogP contribution >= 0.6 is 0 Å². The first-order chi connectivity index (χ1) is 16.0. The van der Waals surface area contributed by atoms with Crippen molar-refractivity contribution in [3.05, 3.63) is 101 Å². The molecule has 0 heterocycles. The van der Waals surface area contributed by atoms with Gasteiger partial charge in [0.05, 0.1) is 13.7 Å². The number of carbonyl (C=O) groups excluding carboxylic acids is 2. The summed E-state index contributed by atoms with van der Waals surface area (Å²) in [5.74, 6) is 0.795. The zero-order chi connectivity index (χ0) is 23.6. The molecule has 0 bridgehead atoms. The second kappa shape index (κ2) is 11.7. The molecule has 0 aliphatic heterocycles. The molecular formula is C28H29NO4. The predicted octanol–water partition coefficient (Wildman–Crippen LogP) is 5.38. The van der Waals surface area contributed by atoms with Gasteiger partial charge in [-0.25, -0.2) is 0 Å². The van der Waals surface area contributed by atoms with E-state index in [4.69, 9.17) is 9.47 Å². The average molecular weight is 444 g/mol. The second-order valence-corrected chi connectivity index (χ2v) is 7.65. The Balaban J connectivity index is 1.87. The van der Waals surface area contributed by atoms with E-state index >= 15 is 0 Å². The van der Waals surface area contributed by atoms with Crippen molar-refractivity contribution in [2.45, 2.75) is 26.8 Å². The summed E-state index contributed by atoms with van der Waals surface area (Å²) in [5, 5.41) is 2.93. The first-order valence-electron chi connectivity index (χ1n) is 10.9. The molecular weight excluding hydrogens is 414 g/mol. The maximum Gasteiger partial charge on any atom is 0.247 e. The van der Waals surface area contributed by atoms with Gasteiger partial charge in [-0.3, -0.25) is 9.59 Å². The Morgan fingerprint density at radius 3 is 2.33 bits per heavy atom. The maximum absolute atomic E-state index is 13.1. The highest BCUT2D eigenvalue weighted by molar-refractivity contribution is 6.07. The summed E-state index contributed by atoms with van der Waals surface area (Å²) in [5.41, 5.74) is 3.76. The number of Topliss-reactive ketones (excluding diaryl/α,β-unsaturated/α-hetero) is 1. The Morgan fingerprint density at radius 2 is 1.67 bits per heavy atom. The summed E-state index contributed by atoms with van der Waals surface area (Å²) >= 11 is 0. The molecule has 3 aromatic rings. The average Bonchev–Trinajstić information content (AvgIpc) is 2.84. The van der Waals surface area contributed by atoms with Gasteiger partial charge < -0.3 is 14.8 Å². The highest BCUT2D eigenvalue weighted by Gasteiger charge is 2.16. The molecule has 1 N–H and O–H groups in total. The molecule has 33 heavy (non-hydrogen) atoms. The molecule has 0 spiro atoms. The lowest BCUT2D eigenvalue weighted by Crippen LogP contribution is -2.25. The van der Waals surface area contributed by atoms with Crippen molar-refractivity contribution in [2.24, 2.45) is 0 Å². The van der Waals surface area contributed by atoms with E-state index in [0.29, 0.717) is 35.8 Å². The minimum atomic E-state index is -0.285. The lowest BCUT2D eigenvalue weighted by molar-refractivity contribution is -0.117. The zero-order valence-electron chi connectivity index (χ0n) is 19.3. The van der Waals surface area contributed by atoms with Crippen LogP contribution < -0.4 is 14.8 Å². The summed E-state index contributed by atoms with van der Waals surface area (Å²) in [7, 11) is 1.57. The summed E-state index contributed by atoms with van der Waals surface area (Å²) in [6.07, 6.45) is 1.71. The number of amides is 1. The van der Waals surface area contributed by atoms with E-state index in [1.807, 2.05) is 62.4 Å². The van der Waals surface area contributed by atoms with Gasteiger partial charge >= 0.3 is 0 Å². The van der Waals surface area contributed by atoms with Crippen LogP contribution in [0.15, 0.2) is 78.4 Å². The summed E-state index contributed by atoms with van der Waals surface area (Å²) < 4.78 is 11.0. The van der Waals surface area contributed by atoms with Gasteiger partial charge in [-0.15, -0.1) is 0 Å². The van der Waals surface area contributed by atoms with Crippen LogP contribution in [0.25, 0.3) is 6.08 Å². The van der Waals surface area contributed by atoms with Gasteiger partial charge in [0.2, 0.25) is 5.91 Å². The number of aryl methyl sites for hydroxylation is 1. The number of hydrogen-bond acceptors (Lipinski definition) is 4. The number of nitrogens with one attached hydrogen (secondary N) is 1. The smallest absolute Gasteiger partial charge is 0.247 e. The Kier molecular flexibility index (Phi) is 8.42. The SMILES string of the molecule is CCOc1ccc(C=C(CC(=O)c2ccc(C)cc2)C(=O)NCc2ccccc2)cc1OC. The van der Waals surface area contributed by atoms with Crippen molar-refractivity contribution in [3.8, 4) is 11.5 Å². The molecule has 5 heteroatoms. The molecule has 0 saturated carbocycles. The van der Waals surface area contributed by atoms with E-state index < -0.39 is 0 Å². The largest absolute Gasteiger partial charge is 0.493 e. The molecule has 0 saturated heterocycles. The van der Waals surface area contributed by atoms with E-state index in [2.05, 4.69) is 5.32 Å². The fourth-order valence-corrected chi connectivity index (χ4v) is 3.35. The number of benzene rings is 3. The van der Waals surface area contributed by atoms with Crippen molar-refractivity contribution in [2.75, 3.05) is 13.7 Å². The Bertz CT molecular complexity index is 1120. The molecule has 0 atom stereocenters. The van der Waals surface area contributed by atoms with E-state index in [1.165, 1.54) is 0 Å². The van der Waals surface area contributed by atoms with Crippen molar-refractivity contribution in [3.63, 3.8) is 0 Å². The van der Waals surface area contributed by atoms with Gasteiger partial charge in [-0.05, 0) is 43.2 Å². The van der Waals surface area contributed by atoms with Gasteiger partial charge in [0.1, 0.15) is 0 Å². The third-order valence-electron chi connectivity index (χ3n) is 5.14. The van der Waals surface area contributed by atoms with Gasteiger partial charge in [-0.1, -0.05) is 66.2 Å². The molecule has 0 fully saturated rings. The lowest BCUT2D eigenvalue weighted by atomic mass is 9.99. The van der Waals surface area contributed by atoms with Crippen molar-refractivity contribution in [1.82, 2.24) is 5.32 Å². The molecule has 1 amide bonds. The fourth-order valence-electron chi connectivity index (χ4n) is 3.35. The molecule has 0 aliphatic rings. The van der Waals surface area contributed by atoms with E-state index in [1.54, 1.807) is 37.5 Å². The zero-order valence-corrected chi connectivity index (χ0v) is 19.3. The highest BCUT2D eigenvalue weighted by atomic mass is 16.5. The van der Waals surface area contributed by atoms with Crippen LogP contribution in [0.2, 0.25) is 0 Å². The third kappa shape index (κ3) is 6.81. The van der Waals surface area contributed by atoms with Crippen LogP contribution in [-0.4, -0.2) is 25.4 Å². The second-order valence-electron chi connectivity index (χ2n) is 7.65. The normalized spacial score (nSPS) is 11.1. The lowest BCUT2D eigenvalue weighted by Gasteiger charge is -2.12. The Morgan fingerprint density at radius 1 is 0.939 bits per heavy atom. The van der Waals surface area contributed by atoms with Crippen LogP contribution in [0.3, 0.4) is 0 Å². The molecule has 170 valence electrons. The number of rotatable bonds is 10. The quantitative estimate of drug-likeness (QED) is 0.338. The van der Waals surface area contributed by atoms with Crippen LogP contribution in [0.5, 0.6) is 11.5 Å². The summed E-state index contributed by atoms with van der Waals surface area (Å²) in [4.78, 5) is 26.0. The molecule has 0 aromatic heterocycles. The summed E-state index contributed by atoms with van der Waals surface area (Å²) in [6.45, 7) is 4.76. The van der Waals surface area contributed by atoms with E-state index in [0.717, 1.165) is 16.7 Å². The molecule has 5 nitrogen and oxygen atoms in total. The molecule has 0 unspecified atom stereocenters. The Labute approximate surface area is 195 Å². The number of ether oxygens (including phenoxy) is 2. The predicted molar refractivity (Wildman–Crippen MR) is 131 cm³/mol. The number of hydrogen-bond donors (Lipinski definition) is 1. The van der Waals surface area contributed by atoms with Crippen molar-refractivity contribution >= 4 is 17.8 Å². The third-order valence-corrected chi connectivity index (χ3v) is 5.14. The minimum Gasteiger partial charge on any atom is -0.493 e.